The molecule has 0 aromatic heterocycles. The summed E-state index contributed by atoms with van der Waals surface area (Å²) in [7, 11) is 1.63. The van der Waals surface area contributed by atoms with E-state index in [1.54, 1.807) is 7.11 Å². The second kappa shape index (κ2) is 6.00. The zero-order chi connectivity index (χ0) is 12.0. The van der Waals surface area contributed by atoms with Crippen molar-refractivity contribution in [1.82, 2.24) is 0 Å². The van der Waals surface area contributed by atoms with E-state index in [1.165, 1.54) is 0 Å². The van der Waals surface area contributed by atoms with E-state index in [4.69, 9.17) is 10.5 Å². The Morgan fingerprint density at radius 1 is 1.50 bits per heavy atom. The first-order valence-corrected chi connectivity index (χ1v) is 5.33. The van der Waals surface area contributed by atoms with Crippen molar-refractivity contribution >= 4 is 11.6 Å². The molecule has 0 aliphatic rings. The van der Waals surface area contributed by atoms with Crippen LogP contribution in [-0.4, -0.2) is 19.6 Å². The maximum atomic E-state index is 5.74. The third-order valence-corrected chi connectivity index (χ3v) is 1.97. The Balaban J connectivity index is 2.61. The molecule has 0 bridgehead atoms. The average Bonchev–Trinajstić information content (AvgIpc) is 2.26. The molecule has 0 aliphatic carbocycles. The van der Waals surface area contributed by atoms with Gasteiger partial charge in [-0.3, -0.25) is 4.99 Å². The summed E-state index contributed by atoms with van der Waals surface area (Å²) in [5.41, 5.74) is 6.62. The van der Waals surface area contributed by atoms with E-state index in [0.717, 1.165) is 18.0 Å². The Labute approximate surface area is 96.5 Å². The van der Waals surface area contributed by atoms with Crippen molar-refractivity contribution in [3.63, 3.8) is 0 Å². The van der Waals surface area contributed by atoms with Crippen LogP contribution < -0.4 is 15.8 Å². The lowest BCUT2D eigenvalue weighted by atomic mass is 10.2. The zero-order valence-corrected chi connectivity index (χ0v) is 10.0. The summed E-state index contributed by atoms with van der Waals surface area (Å²) in [6, 6.07) is 7.57. The minimum Gasteiger partial charge on any atom is -0.497 e. The number of nitrogens with one attached hydrogen (secondary N) is 1. The number of hydrogen-bond donors (Lipinski definition) is 2. The highest BCUT2D eigenvalue weighted by atomic mass is 16.5. The number of guanidine groups is 1. The molecule has 0 fully saturated rings. The molecule has 0 saturated heterocycles. The Morgan fingerprint density at radius 3 is 2.88 bits per heavy atom. The first kappa shape index (κ1) is 12.4. The quantitative estimate of drug-likeness (QED) is 0.604. The number of nitrogens with two attached hydrogens (primary N) is 1. The maximum absolute atomic E-state index is 5.74. The molecule has 0 heterocycles. The summed E-state index contributed by atoms with van der Waals surface area (Å²) in [5.74, 6) is 1.73. The second-order valence-electron chi connectivity index (χ2n) is 3.98. The molecule has 0 unspecified atom stereocenters. The second-order valence-corrected chi connectivity index (χ2v) is 3.98. The van der Waals surface area contributed by atoms with Gasteiger partial charge in [0.1, 0.15) is 5.75 Å². The highest BCUT2D eigenvalue weighted by molar-refractivity contribution is 5.92. The van der Waals surface area contributed by atoms with Crippen LogP contribution in [0.25, 0.3) is 0 Å². The first-order chi connectivity index (χ1) is 7.61. The molecular formula is C12H19N3O. The van der Waals surface area contributed by atoms with Crippen LogP contribution in [0.15, 0.2) is 29.3 Å². The van der Waals surface area contributed by atoms with Crippen LogP contribution in [-0.2, 0) is 0 Å². The van der Waals surface area contributed by atoms with Crippen LogP contribution >= 0.6 is 0 Å². The molecule has 16 heavy (non-hydrogen) atoms. The van der Waals surface area contributed by atoms with E-state index in [1.807, 2.05) is 24.3 Å². The highest BCUT2D eigenvalue weighted by Gasteiger charge is 1.97. The molecule has 1 aromatic rings. The van der Waals surface area contributed by atoms with Crippen molar-refractivity contribution in [3.8, 4) is 5.75 Å². The smallest absolute Gasteiger partial charge is 0.193 e. The Kier molecular flexibility index (Phi) is 4.64. The van der Waals surface area contributed by atoms with Gasteiger partial charge in [0.15, 0.2) is 5.96 Å². The normalized spacial score (nSPS) is 11.6. The highest BCUT2D eigenvalue weighted by Crippen LogP contribution is 2.16. The minimum absolute atomic E-state index is 0.432. The molecule has 88 valence electrons. The molecule has 1 aromatic carbocycles. The number of nitrogens with zero attached hydrogens (tertiary/aromatic N) is 1. The summed E-state index contributed by atoms with van der Waals surface area (Å²) in [5, 5.41) is 3.02. The van der Waals surface area contributed by atoms with Crippen LogP contribution in [0.3, 0.4) is 0 Å². The number of anilines is 1. The number of methoxy groups -OCH3 is 1. The van der Waals surface area contributed by atoms with E-state index in [-0.39, 0.29) is 0 Å². The zero-order valence-electron chi connectivity index (χ0n) is 10.0. The molecular weight excluding hydrogens is 202 g/mol. The standard InChI is InChI=1S/C12H19N3O/c1-9(2)8-14-12(13)15-10-5-4-6-11(7-10)16-3/h4-7,9H,8H2,1-3H3,(H3,13,14,15). The van der Waals surface area contributed by atoms with Crippen LogP contribution in [0, 0.1) is 5.92 Å². The third kappa shape index (κ3) is 4.21. The number of aliphatic imine (C=N–C) groups is 1. The summed E-state index contributed by atoms with van der Waals surface area (Å²) in [6.07, 6.45) is 0. The van der Waals surface area contributed by atoms with Gasteiger partial charge in [-0.15, -0.1) is 0 Å². The van der Waals surface area contributed by atoms with Gasteiger partial charge >= 0.3 is 0 Å². The lowest BCUT2D eigenvalue weighted by Gasteiger charge is -2.07. The molecule has 0 amide bonds. The first-order valence-electron chi connectivity index (χ1n) is 5.33. The van der Waals surface area contributed by atoms with Gasteiger partial charge in [0.05, 0.1) is 7.11 Å². The van der Waals surface area contributed by atoms with E-state index in [0.29, 0.717) is 11.9 Å². The van der Waals surface area contributed by atoms with Gasteiger partial charge in [-0.2, -0.15) is 0 Å². The van der Waals surface area contributed by atoms with Gasteiger partial charge in [-0.1, -0.05) is 19.9 Å². The largest absolute Gasteiger partial charge is 0.497 e. The average molecular weight is 221 g/mol. The van der Waals surface area contributed by atoms with Crippen molar-refractivity contribution in [2.45, 2.75) is 13.8 Å². The monoisotopic (exact) mass is 221 g/mol. The Hall–Kier alpha value is -1.71. The fourth-order valence-electron chi connectivity index (χ4n) is 1.17. The van der Waals surface area contributed by atoms with Crippen molar-refractivity contribution < 1.29 is 4.74 Å². The van der Waals surface area contributed by atoms with E-state index < -0.39 is 0 Å². The number of benzene rings is 1. The predicted molar refractivity (Wildman–Crippen MR) is 67.9 cm³/mol. The van der Waals surface area contributed by atoms with Gasteiger partial charge in [0, 0.05) is 18.3 Å². The van der Waals surface area contributed by atoms with E-state index >= 15 is 0 Å². The lowest BCUT2D eigenvalue weighted by molar-refractivity contribution is 0.415. The molecule has 4 nitrogen and oxygen atoms in total. The van der Waals surface area contributed by atoms with Crippen LogP contribution in [0.5, 0.6) is 5.75 Å². The van der Waals surface area contributed by atoms with Crippen LogP contribution in [0.1, 0.15) is 13.8 Å². The molecule has 0 aliphatic heterocycles. The summed E-state index contributed by atoms with van der Waals surface area (Å²) < 4.78 is 5.11. The predicted octanol–water partition coefficient (Wildman–Crippen LogP) is 2.08. The molecule has 1 rings (SSSR count). The topological polar surface area (TPSA) is 59.6 Å². The third-order valence-electron chi connectivity index (χ3n) is 1.97. The molecule has 0 radical (unpaired) electrons. The molecule has 0 saturated carbocycles. The van der Waals surface area contributed by atoms with Gasteiger partial charge in [-0.05, 0) is 18.1 Å². The Morgan fingerprint density at radius 2 is 2.25 bits per heavy atom. The van der Waals surface area contributed by atoms with Crippen LogP contribution in [0.4, 0.5) is 5.69 Å². The van der Waals surface area contributed by atoms with Crippen molar-refractivity contribution in [2.24, 2.45) is 16.6 Å². The fraction of sp³-hybridized carbons (Fsp3) is 0.417. The van der Waals surface area contributed by atoms with Crippen molar-refractivity contribution in [3.05, 3.63) is 24.3 Å². The van der Waals surface area contributed by atoms with Gasteiger partial charge < -0.3 is 15.8 Å². The molecule has 3 N–H and O–H groups in total. The van der Waals surface area contributed by atoms with Gasteiger partial charge in [0.2, 0.25) is 0 Å². The Bertz CT molecular complexity index is 361. The lowest BCUT2D eigenvalue weighted by Crippen LogP contribution is -2.23. The molecule has 0 atom stereocenters. The summed E-state index contributed by atoms with van der Waals surface area (Å²) >= 11 is 0. The SMILES string of the molecule is COc1cccc(NC(N)=NCC(C)C)c1. The van der Waals surface area contributed by atoms with E-state index in [9.17, 15) is 0 Å². The summed E-state index contributed by atoms with van der Waals surface area (Å²) in [4.78, 5) is 4.22. The van der Waals surface area contributed by atoms with Crippen LogP contribution in [0.2, 0.25) is 0 Å². The minimum atomic E-state index is 0.432. The summed E-state index contributed by atoms with van der Waals surface area (Å²) in [6.45, 7) is 4.92. The van der Waals surface area contributed by atoms with Crippen molar-refractivity contribution in [1.29, 1.82) is 0 Å². The number of ether oxygens (including phenoxy) is 1. The van der Waals surface area contributed by atoms with Gasteiger partial charge in [0.25, 0.3) is 0 Å². The number of hydrogen-bond acceptors (Lipinski definition) is 2. The molecule has 0 spiro atoms. The number of rotatable bonds is 4. The fourth-order valence-corrected chi connectivity index (χ4v) is 1.17. The molecule has 4 heteroatoms. The van der Waals surface area contributed by atoms with E-state index in [2.05, 4.69) is 24.2 Å². The maximum Gasteiger partial charge on any atom is 0.193 e. The van der Waals surface area contributed by atoms with Gasteiger partial charge in [-0.25, -0.2) is 0 Å². The van der Waals surface area contributed by atoms with Crippen molar-refractivity contribution in [2.75, 3.05) is 19.0 Å².